The highest BCUT2D eigenvalue weighted by molar-refractivity contribution is 9.10. The zero-order valence-corrected chi connectivity index (χ0v) is 13.4. The van der Waals surface area contributed by atoms with E-state index < -0.39 is 6.67 Å². The highest BCUT2D eigenvalue weighted by Crippen LogP contribution is 2.42. The molecule has 0 saturated heterocycles. The van der Waals surface area contributed by atoms with Crippen molar-refractivity contribution in [3.05, 3.63) is 40.4 Å². The third-order valence-corrected chi connectivity index (χ3v) is 4.59. The van der Waals surface area contributed by atoms with Gasteiger partial charge in [0.05, 0.1) is 6.54 Å². The minimum atomic E-state index is -0.485. The number of fused-ring (bicyclic) bond motifs is 3. The molecule has 0 bridgehead atoms. The second kappa shape index (κ2) is 5.64. The van der Waals surface area contributed by atoms with Crippen molar-refractivity contribution < 1.29 is 4.39 Å². The van der Waals surface area contributed by atoms with Crippen molar-refractivity contribution in [1.29, 1.82) is 0 Å². The Kier molecular flexibility index (Phi) is 3.85. The van der Waals surface area contributed by atoms with Crippen molar-refractivity contribution in [3.63, 3.8) is 0 Å². The summed E-state index contributed by atoms with van der Waals surface area (Å²) in [5.41, 5.74) is 8.38. The molecule has 0 radical (unpaired) electrons. The van der Waals surface area contributed by atoms with Gasteiger partial charge in [-0.25, -0.2) is 4.39 Å². The minimum Gasteiger partial charge on any atom is -0.370 e. The molecule has 0 spiro atoms. The van der Waals surface area contributed by atoms with Gasteiger partial charge in [0.25, 0.3) is 0 Å². The van der Waals surface area contributed by atoms with Crippen molar-refractivity contribution >= 4 is 38.3 Å². The van der Waals surface area contributed by atoms with Gasteiger partial charge in [-0.3, -0.25) is 4.99 Å². The molecule has 2 aromatic carbocycles. The number of alkyl halides is 1. The van der Waals surface area contributed by atoms with E-state index in [2.05, 4.69) is 46.0 Å². The number of guanidine groups is 1. The molecule has 2 N–H and O–H groups in total. The molecule has 21 heavy (non-hydrogen) atoms. The van der Waals surface area contributed by atoms with E-state index in [1.807, 2.05) is 17.0 Å². The molecule has 3 rings (SSSR count). The Hall–Kier alpha value is -1.62. The molecule has 1 aliphatic heterocycles. The molecule has 0 aromatic heterocycles. The number of rotatable bonds is 2. The van der Waals surface area contributed by atoms with E-state index in [4.69, 9.17) is 5.73 Å². The van der Waals surface area contributed by atoms with Crippen LogP contribution in [0, 0.1) is 0 Å². The summed E-state index contributed by atoms with van der Waals surface area (Å²) < 4.78 is 13.4. The van der Waals surface area contributed by atoms with Crippen LogP contribution in [0.25, 0.3) is 10.8 Å². The Bertz CT molecular complexity index is 714. The molecule has 1 atom stereocenters. The van der Waals surface area contributed by atoms with Gasteiger partial charge in [0.15, 0.2) is 5.96 Å². The lowest BCUT2D eigenvalue weighted by atomic mass is 9.96. The molecule has 0 aliphatic carbocycles. The highest BCUT2D eigenvalue weighted by atomic mass is 79.9. The fourth-order valence-electron chi connectivity index (χ4n) is 3.01. The quantitative estimate of drug-likeness (QED) is 0.661. The number of hydrogen-bond acceptors (Lipinski definition) is 1. The molecule has 3 nitrogen and oxygen atoms in total. The fourth-order valence-corrected chi connectivity index (χ4v) is 3.51. The lowest BCUT2D eigenvalue weighted by Gasteiger charge is -2.18. The highest BCUT2D eigenvalue weighted by Gasteiger charge is 2.29. The third-order valence-electron chi connectivity index (χ3n) is 3.90. The average Bonchev–Trinajstić information content (AvgIpc) is 2.83. The molecule has 0 amide bonds. The second-order valence-corrected chi connectivity index (χ2v) is 6.13. The van der Waals surface area contributed by atoms with Crippen molar-refractivity contribution in [2.75, 3.05) is 24.7 Å². The fraction of sp³-hybridized carbons (Fsp3) is 0.312. The van der Waals surface area contributed by atoms with Crippen LogP contribution in [0.2, 0.25) is 0 Å². The summed E-state index contributed by atoms with van der Waals surface area (Å²) in [6, 6.07) is 10.4. The van der Waals surface area contributed by atoms with Crippen LogP contribution >= 0.6 is 15.9 Å². The normalized spacial score (nSPS) is 18.3. The third kappa shape index (κ3) is 2.39. The van der Waals surface area contributed by atoms with Crippen molar-refractivity contribution in [3.8, 4) is 0 Å². The monoisotopic (exact) mass is 349 g/mol. The van der Waals surface area contributed by atoms with Crippen molar-refractivity contribution in [2.45, 2.75) is 12.8 Å². The smallest absolute Gasteiger partial charge is 0.195 e. The predicted molar refractivity (Wildman–Crippen MR) is 89.9 cm³/mol. The molecular weight excluding hydrogens is 333 g/mol. The molecule has 1 aliphatic rings. The number of hydrogen-bond donors (Lipinski definition) is 1. The molecule has 110 valence electrons. The van der Waals surface area contributed by atoms with E-state index >= 15 is 0 Å². The van der Waals surface area contributed by atoms with Gasteiger partial charge in [0, 0.05) is 22.6 Å². The van der Waals surface area contributed by atoms with Crippen LogP contribution in [-0.4, -0.2) is 25.7 Å². The first kappa shape index (κ1) is 14.3. The predicted octanol–water partition coefficient (Wildman–Crippen LogP) is 3.81. The summed E-state index contributed by atoms with van der Waals surface area (Å²) in [6.07, 6.45) is 0. The maximum atomic E-state index is 12.3. The topological polar surface area (TPSA) is 41.6 Å². The minimum absolute atomic E-state index is 0.116. The van der Waals surface area contributed by atoms with Gasteiger partial charge in [-0.2, -0.15) is 0 Å². The molecule has 1 unspecified atom stereocenters. The van der Waals surface area contributed by atoms with Gasteiger partial charge in [0.1, 0.15) is 6.67 Å². The summed E-state index contributed by atoms with van der Waals surface area (Å²) in [6.45, 7) is 2.59. The van der Waals surface area contributed by atoms with Gasteiger partial charge in [-0.1, -0.05) is 41.1 Å². The molecule has 0 saturated carbocycles. The Morgan fingerprint density at radius 2 is 2.19 bits per heavy atom. The number of halogens is 2. The van der Waals surface area contributed by atoms with Crippen molar-refractivity contribution in [1.82, 2.24) is 0 Å². The number of nitrogens with zero attached hydrogens (tertiary/aromatic N) is 2. The van der Waals surface area contributed by atoms with Gasteiger partial charge in [-0.15, -0.1) is 0 Å². The van der Waals surface area contributed by atoms with E-state index in [-0.39, 0.29) is 6.54 Å². The van der Waals surface area contributed by atoms with Crippen LogP contribution in [0.3, 0.4) is 0 Å². The number of anilines is 1. The van der Waals surface area contributed by atoms with Crippen LogP contribution in [-0.2, 0) is 0 Å². The summed E-state index contributed by atoms with van der Waals surface area (Å²) in [4.78, 5) is 6.07. The number of nitrogens with two attached hydrogens (primary N) is 1. The van der Waals surface area contributed by atoms with Gasteiger partial charge < -0.3 is 10.6 Å². The van der Waals surface area contributed by atoms with Crippen LogP contribution in [0.15, 0.2) is 39.8 Å². The van der Waals surface area contributed by atoms with E-state index in [1.54, 1.807) is 0 Å². The first-order valence-corrected chi connectivity index (χ1v) is 7.77. The maximum Gasteiger partial charge on any atom is 0.195 e. The SMILES string of the molecule is CC1CN(C(N)=NCCF)c2ccc3c(Br)cccc3c21. The standard InChI is InChI=1S/C16H17BrFN3/c1-10-9-21(16(19)20-8-7-18)14-6-5-11-12(15(10)14)3-2-4-13(11)17/h2-6,10H,7-9H2,1H3,(H2,19,20). The lowest BCUT2D eigenvalue weighted by molar-refractivity contribution is 0.504. The van der Waals surface area contributed by atoms with Crippen molar-refractivity contribution in [2.24, 2.45) is 10.7 Å². The van der Waals surface area contributed by atoms with E-state index in [0.29, 0.717) is 11.9 Å². The molecule has 5 heteroatoms. The van der Waals surface area contributed by atoms with Crippen LogP contribution in [0.4, 0.5) is 10.1 Å². The summed E-state index contributed by atoms with van der Waals surface area (Å²) >= 11 is 3.60. The zero-order valence-electron chi connectivity index (χ0n) is 11.8. The molecule has 0 fully saturated rings. The van der Waals surface area contributed by atoms with Gasteiger partial charge in [0.2, 0.25) is 0 Å². The van der Waals surface area contributed by atoms with Crippen LogP contribution < -0.4 is 10.6 Å². The summed E-state index contributed by atoms with van der Waals surface area (Å²) in [5.74, 6) is 0.754. The first-order chi connectivity index (χ1) is 10.1. The molecular formula is C16H17BrFN3. The Labute approximate surface area is 131 Å². The van der Waals surface area contributed by atoms with E-state index in [1.165, 1.54) is 16.3 Å². The van der Waals surface area contributed by atoms with Gasteiger partial charge in [-0.05, 0) is 28.5 Å². The molecule has 1 heterocycles. The summed E-state index contributed by atoms with van der Waals surface area (Å²) in [5, 5.41) is 2.43. The zero-order chi connectivity index (χ0) is 15.0. The second-order valence-electron chi connectivity index (χ2n) is 5.27. The Balaban J connectivity index is 2.13. The maximum absolute atomic E-state index is 12.3. The molecule has 2 aromatic rings. The van der Waals surface area contributed by atoms with Crippen LogP contribution in [0.5, 0.6) is 0 Å². The first-order valence-electron chi connectivity index (χ1n) is 6.98. The van der Waals surface area contributed by atoms with Crippen LogP contribution in [0.1, 0.15) is 18.4 Å². The Morgan fingerprint density at radius 3 is 2.95 bits per heavy atom. The largest absolute Gasteiger partial charge is 0.370 e. The Morgan fingerprint density at radius 1 is 1.38 bits per heavy atom. The lowest BCUT2D eigenvalue weighted by Crippen LogP contribution is -2.36. The number of aliphatic imine (C=N–C) groups is 1. The van der Waals surface area contributed by atoms with E-state index in [0.717, 1.165) is 16.7 Å². The number of benzene rings is 2. The van der Waals surface area contributed by atoms with E-state index in [9.17, 15) is 4.39 Å². The van der Waals surface area contributed by atoms with Gasteiger partial charge >= 0.3 is 0 Å². The average molecular weight is 350 g/mol. The summed E-state index contributed by atoms with van der Waals surface area (Å²) in [7, 11) is 0.